The van der Waals surface area contributed by atoms with Crippen molar-refractivity contribution in [1.82, 2.24) is 21.3 Å². The summed E-state index contributed by atoms with van der Waals surface area (Å²) in [7, 11) is 0. The lowest BCUT2D eigenvalue weighted by Gasteiger charge is -2.21. The van der Waals surface area contributed by atoms with E-state index in [0.29, 0.717) is 5.56 Å². The van der Waals surface area contributed by atoms with Crippen LogP contribution in [0.3, 0.4) is 0 Å². The molecule has 0 fully saturated rings. The van der Waals surface area contributed by atoms with Gasteiger partial charge in [-0.05, 0) is 23.6 Å². The molecule has 0 saturated carbocycles. The van der Waals surface area contributed by atoms with Crippen LogP contribution >= 0.6 is 0 Å². The zero-order valence-electron chi connectivity index (χ0n) is 17.1. The van der Waals surface area contributed by atoms with Gasteiger partial charge in [0.15, 0.2) is 0 Å². The highest BCUT2D eigenvalue weighted by Crippen LogP contribution is 2.09. The molecule has 30 heavy (non-hydrogen) atoms. The van der Waals surface area contributed by atoms with E-state index in [1.807, 2.05) is 0 Å². The number of hydrogen-bond acceptors (Lipinski definition) is 5. The Labute approximate surface area is 173 Å². The van der Waals surface area contributed by atoms with E-state index in [1.165, 1.54) is 19.1 Å². The SMILES string of the molecule is CC(=O)NCC(=O)NC(C(=O)NCC(=O)NCc1ccc(C(=N)N)c(F)c1)C(C)C. The summed E-state index contributed by atoms with van der Waals surface area (Å²) in [6, 6.07) is 3.15. The van der Waals surface area contributed by atoms with E-state index >= 15 is 0 Å². The third kappa shape index (κ3) is 8.25. The smallest absolute Gasteiger partial charge is 0.243 e. The van der Waals surface area contributed by atoms with Gasteiger partial charge in [-0.25, -0.2) is 4.39 Å². The molecule has 0 spiro atoms. The summed E-state index contributed by atoms with van der Waals surface area (Å²) < 4.78 is 13.8. The topological polar surface area (TPSA) is 166 Å². The van der Waals surface area contributed by atoms with Crippen LogP contribution in [0.2, 0.25) is 0 Å². The minimum atomic E-state index is -0.882. The molecule has 1 rings (SSSR count). The van der Waals surface area contributed by atoms with Crippen molar-refractivity contribution in [3.63, 3.8) is 0 Å². The second kappa shape index (κ2) is 11.5. The van der Waals surface area contributed by atoms with Gasteiger partial charge in [0.1, 0.15) is 17.7 Å². The van der Waals surface area contributed by atoms with E-state index < -0.39 is 35.4 Å². The van der Waals surface area contributed by atoms with Gasteiger partial charge in [0, 0.05) is 13.5 Å². The molecule has 0 aliphatic heterocycles. The van der Waals surface area contributed by atoms with E-state index in [0.717, 1.165) is 6.07 Å². The van der Waals surface area contributed by atoms with E-state index in [4.69, 9.17) is 11.1 Å². The Kier molecular flexibility index (Phi) is 9.40. The van der Waals surface area contributed by atoms with Crippen LogP contribution in [0.25, 0.3) is 0 Å². The molecule has 1 aromatic carbocycles. The van der Waals surface area contributed by atoms with Crippen LogP contribution in [0.15, 0.2) is 18.2 Å². The molecular weight excluding hydrogens is 395 g/mol. The first-order chi connectivity index (χ1) is 14.0. The van der Waals surface area contributed by atoms with Crippen LogP contribution in [0.5, 0.6) is 0 Å². The number of nitrogens with one attached hydrogen (secondary N) is 5. The molecule has 4 amide bonds. The molecule has 1 unspecified atom stereocenters. The molecular formula is C19H27FN6O4. The predicted molar refractivity (Wildman–Crippen MR) is 108 cm³/mol. The first-order valence-corrected chi connectivity index (χ1v) is 9.22. The van der Waals surface area contributed by atoms with Crippen molar-refractivity contribution >= 4 is 29.5 Å². The van der Waals surface area contributed by atoms with Crippen molar-refractivity contribution in [1.29, 1.82) is 5.41 Å². The molecule has 0 saturated heterocycles. The third-order valence-electron chi connectivity index (χ3n) is 4.00. The number of nitrogens with two attached hydrogens (primary N) is 1. The summed E-state index contributed by atoms with van der Waals surface area (Å²) in [5, 5.41) is 17.0. The zero-order chi connectivity index (χ0) is 22.8. The van der Waals surface area contributed by atoms with Gasteiger partial charge in [0.25, 0.3) is 0 Å². The molecule has 164 valence electrons. The molecule has 0 aliphatic carbocycles. The molecule has 1 aromatic rings. The number of carbonyl (C=O) groups excluding carboxylic acids is 4. The van der Waals surface area contributed by atoms with Crippen LogP contribution in [0.4, 0.5) is 4.39 Å². The van der Waals surface area contributed by atoms with Crippen LogP contribution in [-0.2, 0) is 25.7 Å². The van der Waals surface area contributed by atoms with Gasteiger partial charge < -0.3 is 27.0 Å². The number of nitrogen functional groups attached to an aromatic ring is 1. The number of rotatable bonds is 10. The number of amides is 4. The van der Waals surface area contributed by atoms with Crippen molar-refractivity contribution in [2.24, 2.45) is 11.7 Å². The Morgan fingerprint density at radius 2 is 1.70 bits per heavy atom. The maximum absolute atomic E-state index is 13.8. The number of benzene rings is 1. The lowest BCUT2D eigenvalue weighted by molar-refractivity contribution is -0.131. The fraction of sp³-hybridized carbons (Fsp3) is 0.421. The Balaban J connectivity index is 2.52. The van der Waals surface area contributed by atoms with Gasteiger partial charge in [-0.1, -0.05) is 19.9 Å². The number of halogens is 1. The van der Waals surface area contributed by atoms with Crippen LogP contribution in [0.1, 0.15) is 31.9 Å². The Morgan fingerprint density at radius 1 is 1.07 bits per heavy atom. The molecule has 11 heteroatoms. The van der Waals surface area contributed by atoms with Gasteiger partial charge in [-0.2, -0.15) is 0 Å². The van der Waals surface area contributed by atoms with E-state index in [9.17, 15) is 23.6 Å². The summed E-state index contributed by atoms with van der Waals surface area (Å²) in [5.74, 6) is -3.27. The lowest BCUT2D eigenvalue weighted by atomic mass is 10.0. The molecule has 1 atom stereocenters. The van der Waals surface area contributed by atoms with Crippen molar-refractivity contribution < 1.29 is 23.6 Å². The highest BCUT2D eigenvalue weighted by Gasteiger charge is 2.24. The van der Waals surface area contributed by atoms with E-state index in [2.05, 4.69) is 21.3 Å². The fourth-order valence-corrected chi connectivity index (χ4v) is 2.39. The minimum absolute atomic E-state index is 0.0187. The maximum Gasteiger partial charge on any atom is 0.243 e. The molecule has 0 aliphatic rings. The van der Waals surface area contributed by atoms with Gasteiger partial charge in [0.05, 0.1) is 18.7 Å². The first kappa shape index (κ1) is 24.5. The Bertz CT molecular complexity index is 827. The number of hydrogen-bond donors (Lipinski definition) is 6. The second-order valence-corrected chi connectivity index (χ2v) is 6.92. The van der Waals surface area contributed by atoms with Crippen molar-refractivity contribution in [2.75, 3.05) is 13.1 Å². The van der Waals surface area contributed by atoms with Gasteiger partial charge in [0.2, 0.25) is 23.6 Å². The first-order valence-electron chi connectivity index (χ1n) is 9.22. The normalized spacial score (nSPS) is 11.4. The number of carbonyl (C=O) groups is 4. The van der Waals surface area contributed by atoms with Crippen LogP contribution < -0.4 is 27.0 Å². The highest BCUT2D eigenvalue weighted by atomic mass is 19.1. The highest BCUT2D eigenvalue weighted by molar-refractivity contribution is 5.95. The van der Waals surface area contributed by atoms with E-state index in [-0.39, 0.29) is 37.0 Å². The Hall–Kier alpha value is -3.50. The third-order valence-corrected chi connectivity index (χ3v) is 4.00. The fourth-order valence-electron chi connectivity index (χ4n) is 2.39. The number of amidine groups is 1. The summed E-state index contributed by atoms with van der Waals surface area (Å²) in [6.45, 7) is 4.14. The zero-order valence-corrected chi connectivity index (χ0v) is 17.1. The summed E-state index contributed by atoms with van der Waals surface area (Å²) in [6.07, 6.45) is 0. The van der Waals surface area contributed by atoms with Gasteiger partial charge >= 0.3 is 0 Å². The molecule has 7 N–H and O–H groups in total. The van der Waals surface area contributed by atoms with Crippen molar-refractivity contribution in [2.45, 2.75) is 33.4 Å². The summed E-state index contributed by atoms with van der Waals surface area (Å²) in [4.78, 5) is 47.0. The average molecular weight is 422 g/mol. The van der Waals surface area contributed by atoms with Crippen LogP contribution in [0, 0.1) is 17.1 Å². The monoisotopic (exact) mass is 422 g/mol. The Morgan fingerprint density at radius 3 is 2.23 bits per heavy atom. The summed E-state index contributed by atoms with van der Waals surface area (Å²) in [5.41, 5.74) is 5.68. The maximum atomic E-state index is 13.8. The largest absolute Gasteiger partial charge is 0.384 e. The molecule has 0 bridgehead atoms. The predicted octanol–water partition coefficient (Wildman–Crippen LogP) is -0.881. The van der Waals surface area contributed by atoms with Gasteiger partial charge in [-0.3, -0.25) is 24.6 Å². The van der Waals surface area contributed by atoms with Crippen molar-refractivity contribution in [3.05, 3.63) is 35.1 Å². The molecule has 0 aromatic heterocycles. The second-order valence-electron chi connectivity index (χ2n) is 6.92. The quantitative estimate of drug-likeness (QED) is 0.212. The average Bonchev–Trinajstić information content (AvgIpc) is 2.66. The molecule has 0 heterocycles. The van der Waals surface area contributed by atoms with Crippen molar-refractivity contribution in [3.8, 4) is 0 Å². The van der Waals surface area contributed by atoms with Gasteiger partial charge in [-0.15, -0.1) is 0 Å². The standard InChI is InChI=1S/C19H27FN6O4/c1-10(2)17(26-16(29)9-23-11(3)27)19(30)25-8-15(28)24-7-12-4-5-13(18(21)22)14(20)6-12/h4-6,10,17H,7-9H2,1-3H3,(H3,21,22)(H,23,27)(H,24,28)(H,25,30)(H,26,29). The summed E-state index contributed by atoms with van der Waals surface area (Å²) >= 11 is 0. The molecule has 0 radical (unpaired) electrons. The van der Waals surface area contributed by atoms with Crippen LogP contribution in [-0.4, -0.2) is 48.6 Å². The lowest BCUT2D eigenvalue weighted by Crippen LogP contribution is -2.53. The molecule has 10 nitrogen and oxygen atoms in total. The van der Waals surface area contributed by atoms with E-state index in [1.54, 1.807) is 13.8 Å². The minimum Gasteiger partial charge on any atom is -0.384 e.